The molecule has 1 unspecified atom stereocenters. The number of pyridine rings is 1. The summed E-state index contributed by atoms with van der Waals surface area (Å²) < 4.78 is 0. The molecular formula is C16H20N2. The van der Waals surface area contributed by atoms with Crippen LogP contribution in [0, 0.1) is 20.8 Å². The Kier molecular flexibility index (Phi) is 3.78. The van der Waals surface area contributed by atoms with Crippen LogP contribution in [-0.2, 0) is 6.42 Å². The zero-order chi connectivity index (χ0) is 13.1. The van der Waals surface area contributed by atoms with E-state index < -0.39 is 0 Å². The second kappa shape index (κ2) is 5.32. The van der Waals surface area contributed by atoms with Gasteiger partial charge in [0.25, 0.3) is 0 Å². The molecule has 0 fully saturated rings. The Morgan fingerprint density at radius 2 is 1.72 bits per heavy atom. The van der Waals surface area contributed by atoms with Crippen molar-refractivity contribution in [2.45, 2.75) is 33.2 Å². The van der Waals surface area contributed by atoms with E-state index in [0.717, 1.165) is 17.7 Å². The van der Waals surface area contributed by atoms with Crippen molar-refractivity contribution in [3.05, 3.63) is 64.5 Å². The fourth-order valence-electron chi connectivity index (χ4n) is 2.26. The average molecular weight is 240 g/mol. The standard InChI is InChI=1S/C16H20N2/c1-11-6-12(2)8-14(7-11)9-16(17)15-5-4-13(3)18-10-15/h4-8,10,16H,9,17H2,1-3H3. The summed E-state index contributed by atoms with van der Waals surface area (Å²) in [5.41, 5.74) is 12.2. The number of aromatic nitrogens is 1. The van der Waals surface area contributed by atoms with Gasteiger partial charge >= 0.3 is 0 Å². The highest BCUT2D eigenvalue weighted by atomic mass is 14.7. The second-order valence-electron chi connectivity index (χ2n) is 5.04. The van der Waals surface area contributed by atoms with Crippen molar-refractivity contribution < 1.29 is 0 Å². The first-order valence-electron chi connectivity index (χ1n) is 6.30. The minimum Gasteiger partial charge on any atom is -0.324 e. The van der Waals surface area contributed by atoms with Crippen LogP contribution in [0.4, 0.5) is 0 Å². The van der Waals surface area contributed by atoms with Gasteiger partial charge in [0.15, 0.2) is 0 Å². The molecule has 2 heteroatoms. The van der Waals surface area contributed by atoms with E-state index in [4.69, 9.17) is 5.73 Å². The molecule has 2 rings (SSSR count). The largest absolute Gasteiger partial charge is 0.324 e. The Hall–Kier alpha value is -1.67. The molecule has 0 amide bonds. The molecule has 94 valence electrons. The smallest absolute Gasteiger partial charge is 0.0372 e. The molecule has 1 heterocycles. The average Bonchev–Trinajstić information content (AvgIpc) is 2.28. The van der Waals surface area contributed by atoms with Crippen LogP contribution in [0.25, 0.3) is 0 Å². The van der Waals surface area contributed by atoms with Crippen LogP contribution >= 0.6 is 0 Å². The van der Waals surface area contributed by atoms with Gasteiger partial charge in [-0.05, 0) is 44.4 Å². The molecule has 1 atom stereocenters. The van der Waals surface area contributed by atoms with E-state index in [1.807, 2.05) is 19.2 Å². The van der Waals surface area contributed by atoms with Gasteiger partial charge in [-0.25, -0.2) is 0 Å². The van der Waals surface area contributed by atoms with Crippen molar-refractivity contribution in [2.75, 3.05) is 0 Å². The van der Waals surface area contributed by atoms with E-state index in [2.05, 4.69) is 43.1 Å². The highest BCUT2D eigenvalue weighted by Gasteiger charge is 2.08. The zero-order valence-electron chi connectivity index (χ0n) is 11.3. The molecule has 1 aromatic heterocycles. The molecule has 2 nitrogen and oxygen atoms in total. The van der Waals surface area contributed by atoms with Crippen LogP contribution in [0.5, 0.6) is 0 Å². The molecule has 0 saturated carbocycles. The van der Waals surface area contributed by atoms with E-state index >= 15 is 0 Å². The quantitative estimate of drug-likeness (QED) is 0.894. The monoisotopic (exact) mass is 240 g/mol. The van der Waals surface area contributed by atoms with Gasteiger partial charge in [-0.2, -0.15) is 0 Å². The van der Waals surface area contributed by atoms with E-state index in [1.54, 1.807) is 0 Å². The highest BCUT2D eigenvalue weighted by molar-refractivity contribution is 5.30. The fraction of sp³-hybridized carbons (Fsp3) is 0.312. The van der Waals surface area contributed by atoms with E-state index in [-0.39, 0.29) is 6.04 Å². The van der Waals surface area contributed by atoms with Gasteiger partial charge in [0.05, 0.1) is 0 Å². The maximum atomic E-state index is 6.24. The second-order valence-corrected chi connectivity index (χ2v) is 5.04. The summed E-state index contributed by atoms with van der Waals surface area (Å²) >= 11 is 0. The van der Waals surface area contributed by atoms with Gasteiger partial charge in [-0.1, -0.05) is 35.4 Å². The highest BCUT2D eigenvalue weighted by Crippen LogP contribution is 2.17. The van der Waals surface area contributed by atoms with E-state index in [0.29, 0.717) is 0 Å². The molecule has 2 N–H and O–H groups in total. The van der Waals surface area contributed by atoms with Crippen LogP contribution in [-0.4, -0.2) is 4.98 Å². The third kappa shape index (κ3) is 3.17. The lowest BCUT2D eigenvalue weighted by Crippen LogP contribution is -2.13. The van der Waals surface area contributed by atoms with E-state index in [1.165, 1.54) is 16.7 Å². The SMILES string of the molecule is Cc1cc(C)cc(CC(N)c2ccc(C)nc2)c1. The van der Waals surface area contributed by atoms with Gasteiger partial charge in [-0.15, -0.1) is 0 Å². The Morgan fingerprint density at radius 3 is 2.28 bits per heavy atom. The predicted molar refractivity (Wildman–Crippen MR) is 75.5 cm³/mol. The molecule has 1 aromatic carbocycles. The number of nitrogens with zero attached hydrogens (tertiary/aromatic N) is 1. The predicted octanol–water partition coefficient (Wildman–Crippen LogP) is 3.25. The van der Waals surface area contributed by atoms with Gasteiger partial charge in [0, 0.05) is 17.9 Å². The number of nitrogens with two attached hydrogens (primary N) is 1. The summed E-state index contributed by atoms with van der Waals surface area (Å²) in [7, 11) is 0. The Balaban J connectivity index is 2.15. The lowest BCUT2D eigenvalue weighted by atomic mass is 9.98. The van der Waals surface area contributed by atoms with Crippen molar-refractivity contribution in [1.82, 2.24) is 4.98 Å². The van der Waals surface area contributed by atoms with Crippen LogP contribution in [0.1, 0.15) is 34.0 Å². The molecule has 0 aliphatic rings. The Labute approximate surface area is 109 Å². The summed E-state index contributed by atoms with van der Waals surface area (Å²) in [5.74, 6) is 0. The van der Waals surface area contributed by atoms with Crippen LogP contribution < -0.4 is 5.73 Å². The molecule has 0 radical (unpaired) electrons. The van der Waals surface area contributed by atoms with Gasteiger partial charge in [0.2, 0.25) is 0 Å². The Bertz CT molecular complexity index is 509. The summed E-state index contributed by atoms with van der Waals surface area (Å²) in [6.07, 6.45) is 2.73. The number of hydrogen-bond acceptors (Lipinski definition) is 2. The number of rotatable bonds is 3. The van der Waals surface area contributed by atoms with Gasteiger partial charge < -0.3 is 5.73 Å². The first-order chi connectivity index (χ1) is 8.54. The van der Waals surface area contributed by atoms with Crippen molar-refractivity contribution >= 4 is 0 Å². The van der Waals surface area contributed by atoms with Crippen LogP contribution in [0.3, 0.4) is 0 Å². The molecular weight excluding hydrogens is 220 g/mol. The molecule has 0 saturated heterocycles. The Morgan fingerprint density at radius 1 is 1.06 bits per heavy atom. The normalized spacial score (nSPS) is 12.4. The molecule has 0 aliphatic heterocycles. The topological polar surface area (TPSA) is 38.9 Å². The number of benzene rings is 1. The summed E-state index contributed by atoms with van der Waals surface area (Å²) in [5, 5.41) is 0. The van der Waals surface area contributed by atoms with Gasteiger partial charge in [-0.3, -0.25) is 4.98 Å². The van der Waals surface area contributed by atoms with Crippen molar-refractivity contribution in [1.29, 1.82) is 0 Å². The lowest BCUT2D eigenvalue weighted by molar-refractivity contribution is 0.716. The van der Waals surface area contributed by atoms with Gasteiger partial charge in [0.1, 0.15) is 0 Å². The first-order valence-corrected chi connectivity index (χ1v) is 6.30. The summed E-state index contributed by atoms with van der Waals surface area (Å²) in [6.45, 7) is 6.23. The third-order valence-corrected chi connectivity index (χ3v) is 3.10. The number of hydrogen-bond donors (Lipinski definition) is 1. The maximum Gasteiger partial charge on any atom is 0.0372 e. The maximum absolute atomic E-state index is 6.24. The summed E-state index contributed by atoms with van der Waals surface area (Å²) in [6, 6.07) is 10.7. The van der Waals surface area contributed by atoms with Crippen molar-refractivity contribution in [2.24, 2.45) is 5.73 Å². The third-order valence-electron chi connectivity index (χ3n) is 3.10. The fourth-order valence-corrected chi connectivity index (χ4v) is 2.26. The zero-order valence-corrected chi connectivity index (χ0v) is 11.3. The molecule has 0 spiro atoms. The first kappa shape index (κ1) is 12.8. The number of aryl methyl sites for hydroxylation is 3. The molecule has 0 aliphatic carbocycles. The van der Waals surface area contributed by atoms with Crippen LogP contribution in [0.15, 0.2) is 36.5 Å². The van der Waals surface area contributed by atoms with Crippen molar-refractivity contribution in [3.63, 3.8) is 0 Å². The summed E-state index contributed by atoms with van der Waals surface area (Å²) in [4.78, 5) is 4.30. The molecule has 18 heavy (non-hydrogen) atoms. The lowest BCUT2D eigenvalue weighted by Gasteiger charge is -2.13. The van der Waals surface area contributed by atoms with Crippen LogP contribution in [0.2, 0.25) is 0 Å². The molecule has 2 aromatic rings. The van der Waals surface area contributed by atoms with E-state index in [9.17, 15) is 0 Å². The minimum absolute atomic E-state index is 0.0132. The minimum atomic E-state index is 0.0132. The van der Waals surface area contributed by atoms with Crippen molar-refractivity contribution in [3.8, 4) is 0 Å². The molecule has 0 bridgehead atoms.